The van der Waals surface area contributed by atoms with Crippen LogP contribution in [0.1, 0.15) is 39.9 Å². The number of nitrogens with zero attached hydrogens (tertiary/aromatic N) is 3. The normalized spacial score (nSPS) is 15.8. The van der Waals surface area contributed by atoms with Crippen molar-refractivity contribution in [3.05, 3.63) is 83.2 Å². The molecule has 204 valence electrons. The van der Waals surface area contributed by atoms with Crippen LogP contribution in [-0.2, 0) is 24.1 Å². The maximum Gasteiger partial charge on any atom is 0.416 e. The molecule has 3 aromatic rings. The SMILES string of the molecule is NCc1ccc(C(F)(F)F)cc1-c1ccc(CNC(=O)c2cncc(N3CCN(C(=O)C4CC4)CC3)c2)cc1. The minimum Gasteiger partial charge on any atom is -0.367 e. The predicted molar refractivity (Wildman–Crippen MR) is 142 cm³/mol. The number of carbonyl (C=O) groups is 2. The van der Waals surface area contributed by atoms with E-state index in [0.29, 0.717) is 48.4 Å². The summed E-state index contributed by atoms with van der Waals surface area (Å²) in [5.74, 6) is 0.188. The van der Waals surface area contributed by atoms with Gasteiger partial charge in [0.05, 0.1) is 23.0 Å². The highest BCUT2D eigenvalue weighted by Crippen LogP contribution is 2.34. The lowest BCUT2D eigenvalue weighted by atomic mass is 9.96. The number of alkyl halides is 3. The molecule has 1 saturated carbocycles. The number of amides is 2. The van der Waals surface area contributed by atoms with Gasteiger partial charge in [0.2, 0.25) is 5.91 Å². The Kier molecular flexibility index (Phi) is 7.56. The largest absolute Gasteiger partial charge is 0.416 e. The molecule has 39 heavy (non-hydrogen) atoms. The second-order valence-corrected chi connectivity index (χ2v) is 9.97. The summed E-state index contributed by atoms with van der Waals surface area (Å²) in [6.45, 7) is 3.07. The smallest absolute Gasteiger partial charge is 0.367 e. The third-order valence-electron chi connectivity index (χ3n) is 7.24. The first-order valence-corrected chi connectivity index (χ1v) is 13.0. The highest BCUT2D eigenvalue weighted by molar-refractivity contribution is 5.94. The highest BCUT2D eigenvalue weighted by Gasteiger charge is 2.34. The molecule has 0 atom stereocenters. The Morgan fingerprint density at radius 2 is 1.69 bits per heavy atom. The van der Waals surface area contributed by atoms with E-state index < -0.39 is 11.7 Å². The van der Waals surface area contributed by atoms with E-state index in [4.69, 9.17) is 5.73 Å². The quantitative estimate of drug-likeness (QED) is 0.471. The number of piperazine rings is 1. The van der Waals surface area contributed by atoms with E-state index in [0.717, 1.165) is 36.2 Å². The van der Waals surface area contributed by atoms with Crippen LogP contribution in [0.2, 0.25) is 0 Å². The number of anilines is 1. The second-order valence-electron chi connectivity index (χ2n) is 9.97. The zero-order chi connectivity index (χ0) is 27.6. The lowest BCUT2D eigenvalue weighted by Crippen LogP contribution is -2.49. The molecule has 3 N–H and O–H groups in total. The van der Waals surface area contributed by atoms with E-state index in [1.165, 1.54) is 12.3 Å². The van der Waals surface area contributed by atoms with Crippen molar-refractivity contribution in [2.75, 3.05) is 31.1 Å². The van der Waals surface area contributed by atoms with Gasteiger partial charge < -0.3 is 20.9 Å². The number of nitrogens with two attached hydrogens (primary N) is 1. The predicted octanol–water partition coefficient (Wildman–Crippen LogP) is 4.21. The summed E-state index contributed by atoms with van der Waals surface area (Å²) in [6, 6.07) is 12.4. The van der Waals surface area contributed by atoms with Crippen molar-refractivity contribution in [2.24, 2.45) is 11.7 Å². The van der Waals surface area contributed by atoms with E-state index >= 15 is 0 Å². The molecule has 7 nitrogen and oxygen atoms in total. The Labute approximate surface area is 224 Å². The number of pyridine rings is 1. The van der Waals surface area contributed by atoms with Gasteiger partial charge in [-0.05, 0) is 53.3 Å². The van der Waals surface area contributed by atoms with Crippen molar-refractivity contribution < 1.29 is 22.8 Å². The van der Waals surface area contributed by atoms with Gasteiger partial charge >= 0.3 is 6.18 Å². The van der Waals surface area contributed by atoms with Gasteiger partial charge in [0, 0.05) is 51.4 Å². The van der Waals surface area contributed by atoms with Gasteiger partial charge in [-0.1, -0.05) is 30.3 Å². The van der Waals surface area contributed by atoms with Crippen LogP contribution in [0.4, 0.5) is 18.9 Å². The first-order valence-electron chi connectivity index (χ1n) is 13.0. The molecule has 1 aromatic heterocycles. The number of aromatic nitrogens is 1. The summed E-state index contributed by atoms with van der Waals surface area (Å²) in [5.41, 5.74) is 8.76. The maximum atomic E-state index is 13.2. The van der Waals surface area contributed by atoms with Crippen LogP contribution in [0.15, 0.2) is 60.9 Å². The van der Waals surface area contributed by atoms with Crippen molar-refractivity contribution in [3.63, 3.8) is 0 Å². The van der Waals surface area contributed by atoms with E-state index in [1.807, 2.05) is 4.90 Å². The average Bonchev–Trinajstić information content (AvgIpc) is 3.81. The molecule has 0 unspecified atom stereocenters. The van der Waals surface area contributed by atoms with Gasteiger partial charge in [-0.2, -0.15) is 13.2 Å². The standard InChI is InChI=1S/C29H30F3N5O2/c30-29(31,32)24-8-7-22(15-33)26(14-24)20-3-1-19(2-4-20)16-35-27(38)23-13-25(18-34-17-23)36-9-11-37(12-10-36)28(39)21-5-6-21/h1-4,7-8,13-14,17-18,21H,5-6,9-12,15-16,33H2,(H,35,38). The molecule has 2 heterocycles. The minimum atomic E-state index is -4.44. The Hall–Kier alpha value is -3.92. The van der Waals surface area contributed by atoms with Gasteiger partial charge in [-0.15, -0.1) is 0 Å². The number of rotatable bonds is 7. The molecule has 10 heteroatoms. The number of hydrogen-bond donors (Lipinski definition) is 2. The minimum absolute atomic E-state index is 0.118. The zero-order valence-corrected chi connectivity index (χ0v) is 21.4. The van der Waals surface area contributed by atoms with E-state index in [1.54, 1.807) is 36.5 Å². The van der Waals surface area contributed by atoms with Crippen LogP contribution < -0.4 is 16.0 Å². The molecule has 2 aliphatic rings. The number of carbonyl (C=O) groups excluding carboxylic acids is 2. The topological polar surface area (TPSA) is 91.6 Å². The number of halogens is 3. The third kappa shape index (κ3) is 6.22. The van der Waals surface area contributed by atoms with Crippen molar-refractivity contribution >= 4 is 17.5 Å². The van der Waals surface area contributed by atoms with Gasteiger partial charge in [-0.3, -0.25) is 14.6 Å². The Balaban J connectivity index is 1.19. The second kappa shape index (κ2) is 11.1. The summed E-state index contributed by atoms with van der Waals surface area (Å²) in [5, 5.41) is 2.88. The summed E-state index contributed by atoms with van der Waals surface area (Å²) in [7, 11) is 0. The molecule has 2 aromatic carbocycles. The molecule has 1 saturated heterocycles. The average molecular weight is 538 g/mol. The van der Waals surface area contributed by atoms with Crippen molar-refractivity contribution in [3.8, 4) is 11.1 Å². The number of hydrogen-bond acceptors (Lipinski definition) is 5. The third-order valence-corrected chi connectivity index (χ3v) is 7.24. The van der Waals surface area contributed by atoms with Crippen LogP contribution in [0.25, 0.3) is 11.1 Å². The zero-order valence-electron chi connectivity index (χ0n) is 21.4. The van der Waals surface area contributed by atoms with Gasteiger partial charge in [0.1, 0.15) is 0 Å². The Bertz CT molecular complexity index is 1350. The van der Waals surface area contributed by atoms with Crippen molar-refractivity contribution in [1.29, 1.82) is 0 Å². The van der Waals surface area contributed by atoms with Crippen LogP contribution >= 0.6 is 0 Å². The summed E-state index contributed by atoms with van der Waals surface area (Å²) in [4.78, 5) is 33.4. The molecule has 2 fully saturated rings. The van der Waals surface area contributed by atoms with Gasteiger partial charge in [0.15, 0.2) is 0 Å². The van der Waals surface area contributed by atoms with Crippen molar-refractivity contribution in [2.45, 2.75) is 32.1 Å². The Morgan fingerprint density at radius 1 is 0.974 bits per heavy atom. The lowest BCUT2D eigenvalue weighted by molar-refractivity contribution is -0.137. The molecule has 2 amide bonds. The summed E-state index contributed by atoms with van der Waals surface area (Å²) >= 11 is 0. The molecule has 0 spiro atoms. The fourth-order valence-corrected chi connectivity index (χ4v) is 4.78. The fourth-order valence-electron chi connectivity index (χ4n) is 4.78. The van der Waals surface area contributed by atoms with Gasteiger partial charge in [-0.25, -0.2) is 0 Å². The van der Waals surface area contributed by atoms with E-state index in [-0.39, 0.29) is 30.8 Å². The van der Waals surface area contributed by atoms with Crippen LogP contribution in [0, 0.1) is 5.92 Å². The van der Waals surface area contributed by atoms with Crippen LogP contribution in [0.3, 0.4) is 0 Å². The summed E-state index contributed by atoms with van der Waals surface area (Å²) in [6.07, 6.45) is 0.778. The fraction of sp³-hybridized carbons (Fsp3) is 0.345. The lowest BCUT2D eigenvalue weighted by Gasteiger charge is -2.36. The molecule has 1 aliphatic carbocycles. The molecule has 5 rings (SSSR count). The van der Waals surface area contributed by atoms with Gasteiger partial charge in [0.25, 0.3) is 5.91 Å². The highest BCUT2D eigenvalue weighted by atomic mass is 19.4. The number of nitrogens with one attached hydrogen (secondary N) is 1. The van der Waals surface area contributed by atoms with Crippen LogP contribution in [0.5, 0.6) is 0 Å². The molecule has 0 bridgehead atoms. The van der Waals surface area contributed by atoms with E-state index in [2.05, 4.69) is 15.2 Å². The molecule has 1 aliphatic heterocycles. The van der Waals surface area contributed by atoms with E-state index in [9.17, 15) is 22.8 Å². The molecular weight excluding hydrogens is 507 g/mol. The van der Waals surface area contributed by atoms with Crippen molar-refractivity contribution in [1.82, 2.24) is 15.2 Å². The summed E-state index contributed by atoms with van der Waals surface area (Å²) < 4.78 is 39.6. The molecular formula is C29H30F3N5O2. The number of benzene rings is 2. The monoisotopic (exact) mass is 537 g/mol. The van der Waals surface area contributed by atoms with Crippen LogP contribution in [-0.4, -0.2) is 47.9 Å². The Morgan fingerprint density at radius 3 is 2.33 bits per heavy atom. The first kappa shape index (κ1) is 26.7. The molecule has 0 radical (unpaired) electrons. The first-order chi connectivity index (χ1) is 18.7. The maximum absolute atomic E-state index is 13.2.